The van der Waals surface area contributed by atoms with Crippen molar-refractivity contribution in [3.05, 3.63) is 21.3 Å². The molecule has 0 unspecified atom stereocenters. The van der Waals surface area contributed by atoms with Crippen LogP contribution in [0, 0.1) is 0 Å². The summed E-state index contributed by atoms with van der Waals surface area (Å²) >= 11 is 6.91. The van der Waals surface area contributed by atoms with E-state index in [1.807, 2.05) is 20.8 Å². The second-order valence-corrected chi connectivity index (χ2v) is 5.46. The number of halogens is 1. The van der Waals surface area contributed by atoms with Gasteiger partial charge in [-0.2, -0.15) is 0 Å². The van der Waals surface area contributed by atoms with Gasteiger partial charge in [-0.1, -0.05) is 11.6 Å². The normalized spacial score (nSPS) is 11.4. The molecule has 5 heteroatoms. The molecule has 0 aliphatic rings. The molecule has 0 atom stereocenters. The SMILES string of the molecule is CC(C)(C)ONC(=O)c1ccc(Cl)s1. The van der Waals surface area contributed by atoms with E-state index in [1.165, 1.54) is 11.3 Å². The third kappa shape index (κ3) is 3.65. The van der Waals surface area contributed by atoms with Crippen LogP contribution in [0.25, 0.3) is 0 Å². The number of thiophene rings is 1. The Kier molecular flexibility index (Phi) is 3.53. The van der Waals surface area contributed by atoms with Gasteiger partial charge < -0.3 is 0 Å². The second kappa shape index (κ2) is 4.29. The molecule has 0 radical (unpaired) electrons. The average Bonchev–Trinajstić information content (AvgIpc) is 2.46. The van der Waals surface area contributed by atoms with E-state index >= 15 is 0 Å². The van der Waals surface area contributed by atoms with E-state index in [1.54, 1.807) is 12.1 Å². The van der Waals surface area contributed by atoms with E-state index in [4.69, 9.17) is 16.4 Å². The van der Waals surface area contributed by atoms with Gasteiger partial charge in [0.15, 0.2) is 0 Å². The van der Waals surface area contributed by atoms with Crippen LogP contribution in [0.4, 0.5) is 0 Å². The maximum absolute atomic E-state index is 11.4. The van der Waals surface area contributed by atoms with Crippen LogP contribution in [0.15, 0.2) is 12.1 Å². The van der Waals surface area contributed by atoms with E-state index in [2.05, 4.69) is 5.48 Å². The van der Waals surface area contributed by atoms with Crippen LogP contribution >= 0.6 is 22.9 Å². The molecule has 1 aromatic heterocycles. The summed E-state index contributed by atoms with van der Waals surface area (Å²) in [6.45, 7) is 5.57. The van der Waals surface area contributed by atoms with Crippen LogP contribution < -0.4 is 5.48 Å². The largest absolute Gasteiger partial charge is 0.284 e. The highest BCUT2D eigenvalue weighted by Gasteiger charge is 2.14. The highest BCUT2D eigenvalue weighted by Crippen LogP contribution is 2.21. The average molecular weight is 234 g/mol. The van der Waals surface area contributed by atoms with E-state index in [0.717, 1.165) is 0 Å². The number of rotatable bonds is 2. The first-order valence-electron chi connectivity index (χ1n) is 4.12. The van der Waals surface area contributed by atoms with Gasteiger partial charge in [0, 0.05) is 0 Å². The maximum atomic E-state index is 11.4. The Morgan fingerprint density at radius 3 is 2.57 bits per heavy atom. The number of nitrogens with one attached hydrogen (secondary N) is 1. The molecule has 1 amide bonds. The van der Waals surface area contributed by atoms with Crippen molar-refractivity contribution in [2.24, 2.45) is 0 Å². The first kappa shape index (κ1) is 11.5. The minimum Gasteiger partial charge on any atom is -0.268 e. The van der Waals surface area contributed by atoms with Gasteiger partial charge in [0.05, 0.1) is 14.8 Å². The van der Waals surface area contributed by atoms with Crippen molar-refractivity contribution >= 4 is 28.8 Å². The Morgan fingerprint density at radius 1 is 1.50 bits per heavy atom. The molecule has 0 saturated carbocycles. The van der Waals surface area contributed by atoms with E-state index in [0.29, 0.717) is 9.21 Å². The monoisotopic (exact) mass is 233 g/mol. The van der Waals surface area contributed by atoms with Crippen LogP contribution in [-0.4, -0.2) is 11.5 Å². The van der Waals surface area contributed by atoms with E-state index in [9.17, 15) is 4.79 Å². The van der Waals surface area contributed by atoms with Gasteiger partial charge >= 0.3 is 0 Å². The summed E-state index contributed by atoms with van der Waals surface area (Å²) in [5.41, 5.74) is 1.97. The molecule has 1 aromatic rings. The summed E-state index contributed by atoms with van der Waals surface area (Å²) in [6, 6.07) is 3.34. The predicted molar refractivity (Wildman–Crippen MR) is 57.6 cm³/mol. The summed E-state index contributed by atoms with van der Waals surface area (Å²) < 4.78 is 0.589. The van der Waals surface area contributed by atoms with Crippen molar-refractivity contribution in [3.63, 3.8) is 0 Å². The van der Waals surface area contributed by atoms with Crippen LogP contribution in [0.5, 0.6) is 0 Å². The van der Waals surface area contributed by atoms with Gasteiger partial charge in [0.2, 0.25) is 0 Å². The zero-order valence-corrected chi connectivity index (χ0v) is 9.83. The van der Waals surface area contributed by atoms with Gasteiger partial charge in [-0.05, 0) is 32.9 Å². The third-order valence-electron chi connectivity index (χ3n) is 1.25. The molecule has 0 aliphatic heterocycles. The lowest BCUT2D eigenvalue weighted by Gasteiger charge is -2.18. The van der Waals surface area contributed by atoms with E-state index < -0.39 is 5.60 Å². The van der Waals surface area contributed by atoms with Crippen LogP contribution in [0.3, 0.4) is 0 Å². The topological polar surface area (TPSA) is 38.3 Å². The van der Waals surface area contributed by atoms with Crippen molar-refractivity contribution in [2.75, 3.05) is 0 Å². The standard InChI is InChI=1S/C9H12ClNO2S/c1-9(2,3)13-11-8(12)6-4-5-7(10)14-6/h4-5H,1-3H3,(H,11,12). The molecule has 0 spiro atoms. The van der Waals surface area contributed by atoms with Crippen LogP contribution in [-0.2, 0) is 4.84 Å². The fraction of sp³-hybridized carbons (Fsp3) is 0.444. The number of hydroxylamine groups is 1. The second-order valence-electron chi connectivity index (χ2n) is 3.75. The van der Waals surface area contributed by atoms with Crippen molar-refractivity contribution in [1.82, 2.24) is 5.48 Å². The molecule has 3 nitrogen and oxygen atoms in total. The Hall–Kier alpha value is -0.580. The lowest BCUT2D eigenvalue weighted by Crippen LogP contribution is -2.33. The first-order valence-corrected chi connectivity index (χ1v) is 5.31. The summed E-state index contributed by atoms with van der Waals surface area (Å²) in [4.78, 5) is 17.1. The quantitative estimate of drug-likeness (QED) is 0.798. The molecular formula is C9H12ClNO2S. The van der Waals surface area contributed by atoms with Gasteiger partial charge in [-0.3, -0.25) is 9.63 Å². The third-order valence-corrected chi connectivity index (χ3v) is 2.48. The molecular weight excluding hydrogens is 222 g/mol. The molecule has 1 heterocycles. The first-order chi connectivity index (χ1) is 6.38. The minimum atomic E-state index is -0.392. The summed E-state index contributed by atoms with van der Waals surface area (Å²) in [6.07, 6.45) is 0. The summed E-state index contributed by atoms with van der Waals surface area (Å²) in [7, 11) is 0. The fourth-order valence-corrected chi connectivity index (χ4v) is 1.62. The van der Waals surface area contributed by atoms with Crippen molar-refractivity contribution in [3.8, 4) is 0 Å². The fourth-order valence-electron chi connectivity index (χ4n) is 0.686. The van der Waals surface area contributed by atoms with E-state index in [-0.39, 0.29) is 5.91 Å². The molecule has 0 aromatic carbocycles. The maximum Gasteiger partial charge on any atom is 0.284 e. The highest BCUT2D eigenvalue weighted by molar-refractivity contribution is 7.17. The Morgan fingerprint density at radius 2 is 2.14 bits per heavy atom. The minimum absolute atomic E-state index is 0.267. The van der Waals surface area contributed by atoms with Gasteiger partial charge in [0.1, 0.15) is 0 Å². The molecule has 14 heavy (non-hydrogen) atoms. The molecule has 1 N–H and O–H groups in total. The van der Waals surface area contributed by atoms with Crippen LogP contribution in [0.1, 0.15) is 30.4 Å². The molecule has 0 bridgehead atoms. The highest BCUT2D eigenvalue weighted by atomic mass is 35.5. The lowest BCUT2D eigenvalue weighted by atomic mass is 10.2. The Balaban J connectivity index is 2.52. The van der Waals surface area contributed by atoms with Crippen molar-refractivity contribution < 1.29 is 9.63 Å². The Bertz CT molecular complexity index is 330. The van der Waals surface area contributed by atoms with Crippen molar-refractivity contribution in [2.45, 2.75) is 26.4 Å². The summed E-state index contributed by atoms with van der Waals surface area (Å²) in [5, 5.41) is 0. The number of carbonyl (C=O) groups excluding carboxylic acids is 1. The van der Waals surface area contributed by atoms with Gasteiger partial charge in [-0.15, -0.1) is 11.3 Å². The zero-order chi connectivity index (χ0) is 10.8. The molecule has 0 saturated heterocycles. The molecule has 1 rings (SSSR count). The number of hydrogen-bond donors (Lipinski definition) is 1. The van der Waals surface area contributed by atoms with Crippen LogP contribution in [0.2, 0.25) is 4.34 Å². The number of carbonyl (C=O) groups is 1. The molecule has 0 aliphatic carbocycles. The molecule has 78 valence electrons. The lowest BCUT2D eigenvalue weighted by molar-refractivity contribution is -0.0588. The smallest absolute Gasteiger partial charge is 0.268 e. The number of hydrogen-bond acceptors (Lipinski definition) is 3. The molecule has 0 fully saturated rings. The zero-order valence-electron chi connectivity index (χ0n) is 8.26. The Labute approximate surface area is 92.0 Å². The summed E-state index contributed by atoms with van der Waals surface area (Å²) in [5.74, 6) is -0.267. The predicted octanol–water partition coefficient (Wildman–Crippen LogP) is 2.86. The van der Waals surface area contributed by atoms with Gasteiger partial charge in [-0.25, -0.2) is 5.48 Å². The van der Waals surface area contributed by atoms with Crippen molar-refractivity contribution in [1.29, 1.82) is 0 Å². The van der Waals surface area contributed by atoms with Gasteiger partial charge in [0.25, 0.3) is 5.91 Å². The number of amides is 1.